The Morgan fingerprint density at radius 2 is 2.04 bits per heavy atom. The zero-order chi connectivity index (χ0) is 19.1. The molecule has 3 rings (SSSR count). The third kappa shape index (κ3) is 6.05. The predicted molar refractivity (Wildman–Crippen MR) is 127 cm³/mol. The highest BCUT2D eigenvalue weighted by Crippen LogP contribution is 2.31. The smallest absolute Gasteiger partial charge is 0.191 e. The number of rotatable bonds is 7. The summed E-state index contributed by atoms with van der Waals surface area (Å²) in [5.74, 6) is 1.74. The van der Waals surface area contributed by atoms with Gasteiger partial charge < -0.3 is 15.4 Å². The maximum absolute atomic E-state index is 5.62. The number of benzene rings is 1. The van der Waals surface area contributed by atoms with Gasteiger partial charge in [-0.25, -0.2) is 4.98 Å². The van der Waals surface area contributed by atoms with Crippen LogP contribution in [-0.4, -0.2) is 49.6 Å². The maximum Gasteiger partial charge on any atom is 0.191 e. The molecule has 2 aromatic rings. The topological polar surface area (TPSA) is 61.8 Å². The van der Waals surface area contributed by atoms with Crippen LogP contribution in [0.2, 0.25) is 0 Å². The molecule has 1 atom stereocenters. The van der Waals surface area contributed by atoms with Crippen molar-refractivity contribution in [1.29, 1.82) is 0 Å². The molecule has 1 fully saturated rings. The van der Waals surface area contributed by atoms with E-state index in [9.17, 15) is 0 Å². The second-order valence-corrected chi connectivity index (χ2v) is 7.99. The average Bonchev–Trinajstić information content (AvgIpc) is 3.36. The van der Waals surface area contributed by atoms with Gasteiger partial charge in [0.05, 0.1) is 19.7 Å². The quantitative estimate of drug-likeness (QED) is 0.336. The Kier molecular flexibility index (Phi) is 9.46. The first kappa shape index (κ1) is 22.9. The van der Waals surface area contributed by atoms with E-state index in [1.807, 2.05) is 18.3 Å². The number of para-hydroxylation sites is 1. The van der Waals surface area contributed by atoms with Gasteiger partial charge in [-0.2, -0.15) is 0 Å². The van der Waals surface area contributed by atoms with Crippen LogP contribution in [0.15, 0.2) is 35.5 Å². The van der Waals surface area contributed by atoms with Gasteiger partial charge in [-0.1, -0.05) is 18.2 Å². The number of hydrogen-bond acceptors (Lipinski definition) is 5. The summed E-state index contributed by atoms with van der Waals surface area (Å²) in [4.78, 5) is 12.5. The fourth-order valence-electron chi connectivity index (χ4n) is 3.49. The summed E-state index contributed by atoms with van der Waals surface area (Å²) < 4.78 is 5.62. The van der Waals surface area contributed by atoms with Crippen LogP contribution < -0.4 is 15.4 Å². The molecular formula is C20H30IN5OS. The van der Waals surface area contributed by atoms with Gasteiger partial charge >= 0.3 is 0 Å². The molecule has 6 nitrogen and oxygen atoms in total. The van der Waals surface area contributed by atoms with E-state index in [1.165, 1.54) is 23.3 Å². The number of methoxy groups -OCH3 is 1. The van der Waals surface area contributed by atoms with Gasteiger partial charge in [0.25, 0.3) is 0 Å². The molecule has 1 aliphatic rings. The van der Waals surface area contributed by atoms with E-state index < -0.39 is 0 Å². The standard InChI is InChI=1S/C20H29N5OS.HI/c1-15-12-22-19(27-15)14-24-20(21-2)23-13-17(25-10-6-7-11-25)16-8-4-5-9-18(16)26-3;/h4-5,8-9,12,17H,6-7,10-11,13-14H2,1-3H3,(H2,21,23,24);1H. The van der Waals surface area contributed by atoms with Gasteiger partial charge in [0.15, 0.2) is 5.96 Å². The van der Waals surface area contributed by atoms with Crippen LogP contribution in [0, 0.1) is 6.92 Å². The molecule has 1 aliphatic heterocycles. The number of nitrogens with zero attached hydrogens (tertiary/aromatic N) is 3. The molecule has 2 N–H and O–H groups in total. The lowest BCUT2D eigenvalue weighted by Gasteiger charge is -2.30. The second kappa shape index (κ2) is 11.6. The minimum atomic E-state index is 0. The molecule has 2 heterocycles. The van der Waals surface area contributed by atoms with Crippen LogP contribution in [-0.2, 0) is 6.54 Å². The SMILES string of the molecule is CN=C(NCc1ncc(C)s1)NCC(c1ccccc1OC)N1CCCC1.I. The van der Waals surface area contributed by atoms with Gasteiger partial charge in [-0.3, -0.25) is 9.89 Å². The number of hydrogen-bond donors (Lipinski definition) is 2. The highest BCUT2D eigenvalue weighted by Gasteiger charge is 2.26. The van der Waals surface area contributed by atoms with Crippen LogP contribution >= 0.6 is 35.3 Å². The Labute approximate surface area is 188 Å². The minimum absolute atomic E-state index is 0. The highest BCUT2D eigenvalue weighted by atomic mass is 127. The van der Waals surface area contributed by atoms with Gasteiger partial charge in [0.2, 0.25) is 0 Å². The summed E-state index contributed by atoms with van der Waals surface area (Å²) in [5, 5.41) is 7.92. The summed E-state index contributed by atoms with van der Waals surface area (Å²) in [6.45, 7) is 5.77. The van der Waals surface area contributed by atoms with Crippen LogP contribution in [0.25, 0.3) is 0 Å². The van der Waals surface area contributed by atoms with E-state index >= 15 is 0 Å². The molecule has 0 spiro atoms. The van der Waals surface area contributed by atoms with Crippen molar-refractivity contribution in [3.05, 3.63) is 45.9 Å². The van der Waals surface area contributed by atoms with Crippen LogP contribution in [0.5, 0.6) is 5.75 Å². The summed E-state index contributed by atoms with van der Waals surface area (Å²) in [7, 11) is 3.54. The molecule has 0 saturated carbocycles. The first-order valence-corrected chi connectivity index (χ1v) is 10.3. The van der Waals surface area contributed by atoms with E-state index in [0.29, 0.717) is 6.54 Å². The summed E-state index contributed by atoms with van der Waals surface area (Å²) >= 11 is 1.71. The normalized spacial score (nSPS) is 15.8. The number of ether oxygens (including phenoxy) is 1. The Balaban J connectivity index is 0.00000280. The number of nitrogens with one attached hydrogen (secondary N) is 2. The lowest BCUT2D eigenvalue weighted by molar-refractivity contribution is 0.239. The maximum atomic E-state index is 5.62. The molecule has 28 heavy (non-hydrogen) atoms. The Morgan fingerprint density at radius 3 is 2.68 bits per heavy atom. The van der Waals surface area contributed by atoms with Crippen molar-refractivity contribution >= 4 is 41.3 Å². The van der Waals surface area contributed by atoms with Gasteiger partial charge in [0.1, 0.15) is 10.8 Å². The first-order valence-electron chi connectivity index (χ1n) is 9.44. The molecule has 154 valence electrons. The van der Waals surface area contributed by atoms with E-state index in [4.69, 9.17) is 4.74 Å². The zero-order valence-corrected chi connectivity index (χ0v) is 19.9. The van der Waals surface area contributed by atoms with Crippen molar-refractivity contribution in [2.75, 3.05) is 33.8 Å². The molecule has 1 unspecified atom stereocenters. The largest absolute Gasteiger partial charge is 0.496 e. The van der Waals surface area contributed by atoms with Crippen molar-refractivity contribution in [2.24, 2.45) is 4.99 Å². The summed E-state index contributed by atoms with van der Waals surface area (Å²) in [6.07, 6.45) is 4.41. The van der Waals surface area contributed by atoms with E-state index in [-0.39, 0.29) is 30.0 Å². The minimum Gasteiger partial charge on any atom is -0.496 e. The summed E-state index contributed by atoms with van der Waals surface area (Å²) in [5.41, 5.74) is 1.22. The first-order chi connectivity index (χ1) is 13.2. The molecular weight excluding hydrogens is 485 g/mol. The van der Waals surface area contributed by atoms with Gasteiger partial charge in [0, 0.05) is 30.2 Å². The second-order valence-electron chi connectivity index (χ2n) is 6.67. The zero-order valence-electron chi connectivity index (χ0n) is 16.8. The molecule has 0 bridgehead atoms. The summed E-state index contributed by atoms with van der Waals surface area (Å²) in [6, 6.07) is 8.56. The molecule has 0 aliphatic carbocycles. The van der Waals surface area contributed by atoms with Crippen molar-refractivity contribution in [1.82, 2.24) is 20.5 Å². The van der Waals surface area contributed by atoms with Crippen LogP contribution in [0.4, 0.5) is 0 Å². The monoisotopic (exact) mass is 515 g/mol. The average molecular weight is 515 g/mol. The number of guanidine groups is 1. The van der Waals surface area contributed by atoms with Crippen molar-refractivity contribution < 1.29 is 4.74 Å². The van der Waals surface area contributed by atoms with E-state index in [1.54, 1.807) is 25.5 Å². The molecule has 8 heteroatoms. The fraction of sp³-hybridized carbons (Fsp3) is 0.500. The van der Waals surface area contributed by atoms with Crippen molar-refractivity contribution in [3.63, 3.8) is 0 Å². The molecule has 1 saturated heterocycles. The van der Waals surface area contributed by atoms with E-state index in [2.05, 4.69) is 44.6 Å². The Morgan fingerprint density at radius 1 is 1.29 bits per heavy atom. The molecule has 0 amide bonds. The van der Waals surface area contributed by atoms with Crippen LogP contribution in [0.3, 0.4) is 0 Å². The predicted octanol–water partition coefficient (Wildman–Crippen LogP) is 3.58. The highest BCUT2D eigenvalue weighted by molar-refractivity contribution is 14.0. The number of aromatic nitrogens is 1. The Bertz CT molecular complexity index is 761. The van der Waals surface area contributed by atoms with Crippen LogP contribution in [0.1, 0.15) is 34.3 Å². The van der Waals surface area contributed by atoms with Crippen molar-refractivity contribution in [2.45, 2.75) is 32.4 Å². The number of halogens is 1. The third-order valence-electron chi connectivity index (χ3n) is 4.84. The number of aliphatic imine (C=N–C) groups is 1. The third-order valence-corrected chi connectivity index (χ3v) is 5.75. The lowest BCUT2D eigenvalue weighted by atomic mass is 10.0. The molecule has 1 aromatic carbocycles. The Hall–Kier alpha value is -1.39. The van der Waals surface area contributed by atoms with Gasteiger partial charge in [-0.05, 0) is 38.9 Å². The van der Waals surface area contributed by atoms with Crippen molar-refractivity contribution in [3.8, 4) is 5.75 Å². The molecule has 1 aromatic heterocycles. The van der Waals surface area contributed by atoms with E-state index in [0.717, 1.165) is 36.4 Å². The number of thiazole rings is 1. The number of likely N-dealkylation sites (tertiary alicyclic amines) is 1. The lowest BCUT2D eigenvalue weighted by Crippen LogP contribution is -2.42. The fourth-order valence-corrected chi connectivity index (χ4v) is 4.21. The van der Waals surface area contributed by atoms with Gasteiger partial charge in [-0.15, -0.1) is 35.3 Å². The number of aryl methyl sites for hydroxylation is 1. The molecule has 0 radical (unpaired) electrons.